The van der Waals surface area contributed by atoms with Gasteiger partial charge in [-0.3, -0.25) is 9.69 Å². The molecule has 0 bridgehead atoms. The third kappa shape index (κ3) is 5.92. The zero-order valence-electron chi connectivity index (χ0n) is 17.1. The van der Waals surface area contributed by atoms with Crippen LogP contribution in [0.15, 0.2) is 48.5 Å². The SMILES string of the molecule is COc1ccc2nc(N(CCCN(C)C)C(=O)CCOc3ccccc3)sc2c1. The Hall–Kier alpha value is -2.64. The van der Waals surface area contributed by atoms with Crippen molar-refractivity contribution in [2.75, 3.05) is 45.8 Å². The predicted octanol–water partition coefficient (Wildman–Crippen LogP) is 4.06. The maximum atomic E-state index is 13.0. The van der Waals surface area contributed by atoms with Gasteiger partial charge in [0.05, 0.1) is 30.4 Å². The van der Waals surface area contributed by atoms with E-state index in [1.807, 2.05) is 62.6 Å². The number of thiazole rings is 1. The number of carbonyl (C=O) groups excluding carboxylic acids is 1. The third-order valence-electron chi connectivity index (χ3n) is 4.43. The molecule has 0 aliphatic carbocycles. The summed E-state index contributed by atoms with van der Waals surface area (Å²) < 4.78 is 12.0. The van der Waals surface area contributed by atoms with Gasteiger partial charge in [0.2, 0.25) is 5.91 Å². The standard InChI is InChI=1S/C22H27N3O3S/c1-24(2)13-7-14-25(21(26)12-15-28-17-8-5-4-6-9-17)22-23-19-11-10-18(27-3)16-20(19)29-22/h4-6,8-11,16H,7,12-15H2,1-3H3. The fourth-order valence-electron chi connectivity index (χ4n) is 2.92. The van der Waals surface area contributed by atoms with Gasteiger partial charge in [0, 0.05) is 6.54 Å². The summed E-state index contributed by atoms with van der Waals surface area (Å²) in [5, 5.41) is 0.719. The first kappa shape index (κ1) is 21.1. The molecule has 0 unspecified atom stereocenters. The van der Waals surface area contributed by atoms with Gasteiger partial charge in [-0.15, -0.1) is 0 Å². The van der Waals surface area contributed by atoms with Crippen molar-refractivity contribution in [3.63, 3.8) is 0 Å². The van der Waals surface area contributed by atoms with Crippen molar-refractivity contribution >= 4 is 32.6 Å². The van der Waals surface area contributed by atoms with Gasteiger partial charge < -0.3 is 14.4 Å². The van der Waals surface area contributed by atoms with E-state index in [1.54, 1.807) is 12.0 Å². The number of fused-ring (bicyclic) bond motifs is 1. The van der Waals surface area contributed by atoms with E-state index in [0.29, 0.717) is 19.6 Å². The quantitative estimate of drug-likeness (QED) is 0.502. The number of hydrogen-bond donors (Lipinski definition) is 0. The molecule has 2 aromatic carbocycles. The number of benzene rings is 2. The van der Waals surface area contributed by atoms with Crippen molar-refractivity contribution < 1.29 is 14.3 Å². The lowest BCUT2D eigenvalue weighted by Gasteiger charge is -2.21. The second kappa shape index (κ2) is 10.2. The number of amides is 1. The normalized spacial score (nSPS) is 11.0. The third-order valence-corrected chi connectivity index (χ3v) is 5.47. The van der Waals surface area contributed by atoms with Crippen molar-refractivity contribution in [2.45, 2.75) is 12.8 Å². The van der Waals surface area contributed by atoms with E-state index in [4.69, 9.17) is 9.47 Å². The maximum absolute atomic E-state index is 13.0. The molecule has 1 heterocycles. The molecule has 0 N–H and O–H groups in total. The Morgan fingerprint density at radius 1 is 1.07 bits per heavy atom. The van der Waals surface area contributed by atoms with E-state index >= 15 is 0 Å². The molecule has 154 valence electrons. The monoisotopic (exact) mass is 413 g/mol. The molecule has 0 aliphatic heterocycles. The Balaban J connectivity index is 1.71. The van der Waals surface area contributed by atoms with Gasteiger partial charge in [-0.2, -0.15) is 0 Å². The second-order valence-corrected chi connectivity index (χ2v) is 7.95. The van der Waals surface area contributed by atoms with Gasteiger partial charge in [-0.25, -0.2) is 4.98 Å². The van der Waals surface area contributed by atoms with E-state index in [2.05, 4.69) is 9.88 Å². The van der Waals surface area contributed by atoms with E-state index in [0.717, 1.165) is 39.8 Å². The van der Waals surface area contributed by atoms with E-state index in [9.17, 15) is 4.79 Å². The summed E-state index contributed by atoms with van der Waals surface area (Å²) in [6.45, 7) is 1.87. The Morgan fingerprint density at radius 2 is 1.86 bits per heavy atom. The van der Waals surface area contributed by atoms with Gasteiger partial charge in [-0.1, -0.05) is 29.5 Å². The highest BCUT2D eigenvalue weighted by Gasteiger charge is 2.20. The van der Waals surface area contributed by atoms with Crippen molar-refractivity contribution in [3.8, 4) is 11.5 Å². The number of rotatable bonds is 10. The fourth-order valence-corrected chi connectivity index (χ4v) is 3.95. The van der Waals surface area contributed by atoms with Crippen molar-refractivity contribution in [3.05, 3.63) is 48.5 Å². The minimum absolute atomic E-state index is 0.0192. The van der Waals surface area contributed by atoms with Crippen LogP contribution >= 0.6 is 11.3 Å². The number of methoxy groups -OCH3 is 1. The zero-order chi connectivity index (χ0) is 20.6. The van der Waals surface area contributed by atoms with Crippen LogP contribution in [0.25, 0.3) is 10.2 Å². The molecule has 0 aliphatic rings. The average molecular weight is 414 g/mol. The van der Waals surface area contributed by atoms with Crippen molar-refractivity contribution in [1.29, 1.82) is 0 Å². The van der Waals surface area contributed by atoms with Crippen LogP contribution in [0.1, 0.15) is 12.8 Å². The minimum Gasteiger partial charge on any atom is -0.497 e. The molecule has 0 saturated carbocycles. The van der Waals surface area contributed by atoms with E-state index in [1.165, 1.54) is 11.3 Å². The molecule has 1 aromatic heterocycles. The average Bonchev–Trinajstić information content (AvgIpc) is 3.14. The Morgan fingerprint density at radius 3 is 2.59 bits per heavy atom. The summed E-state index contributed by atoms with van der Waals surface area (Å²) in [4.78, 5) is 21.6. The van der Waals surface area contributed by atoms with E-state index in [-0.39, 0.29) is 5.91 Å². The van der Waals surface area contributed by atoms with Crippen LogP contribution in [-0.2, 0) is 4.79 Å². The number of hydrogen-bond acceptors (Lipinski definition) is 6. The highest BCUT2D eigenvalue weighted by Crippen LogP contribution is 2.32. The molecule has 0 spiro atoms. The summed E-state index contributed by atoms with van der Waals surface area (Å²) in [6.07, 6.45) is 1.17. The summed E-state index contributed by atoms with van der Waals surface area (Å²) in [7, 11) is 5.71. The molecule has 3 rings (SSSR count). The minimum atomic E-state index is 0.0192. The van der Waals surface area contributed by atoms with Crippen molar-refractivity contribution in [1.82, 2.24) is 9.88 Å². The smallest absolute Gasteiger partial charge is 0.232 e. The van der Waals surface area contributed by atoms with Crippen LogP contribution in [0.3, 0.4) is 0 Å². The van der Waals surface area contributed by atoms with Gasteiger partial charge in [0.15, 0.2) is 5.13 Å². The van der Waals surface area contributed by atoms with Gasteiger partial charge in [0.1, 0.15) is 11.5 Å². The highest BCUT2D eigenvalue weighted by molar-refractivity contribution is 7.22. The largest absolute Gasteiger partial charge is 0.497 e. The van der Waals surface area contributed by atoms with Crippen molar-refractivity contribution in [2.24, 2.45) is 0 Å². The van der Waals surface area contributed by atoms with Crippen LogP contribution in [0.4, 0.5) is 5.13 Å². The first-order valence-corrected chi connectivity index (χ1v) is 10.5. The zero-order valence-corrected chi connectivity index (χ0v) is 17.9. The Kier molecular flexibility index (Phi) is 7.43. The Bertz CT molecular complexity index is 927. The fraction of sp³-hybridized carbons (Fsp3) is 0.364. The topological polar surface area (TPSA) is 54.9 Å². The first-order chi connectivity index (χ1) is 14.1. The van der Waals surface area contributed by atoms with Gasteiger partial charge in [0.25, 0.3) is 0 Å². The van der Waals surface area contributed by atoms with Gasteiger partial charge >= 0.3 is 0 Å². The summed E-state index contributed by atoms with van der Waals surface area (Å²) >= 11 is 1.51. The summed E-state index contributed by atoms with van der Waals surface area (Å²) in [6, 6.07) is 15.3. The summed E-state index contributed by atoms with van der Waals surface area (Å²) in [5.41, 5.74) is 0.872. The molecule has 0 atom stereocenters. The number of para-hydroxylation sites is 1. The first-order valence-electron chi connectivity index (χ1n) is 9.64. The van der Waals surface area contributed by atoms with Crippen LogP contribution in [0.2, 0.25) is 0 Å². The molecular formula is C22H27N3O3S. The molecule has 7 heteroatoms. The molecule has 1 amide bonds. The highest BCUT2D eigenvalue weighted by atomic mass is 32.1. The number of carbonyl (C=O) groups is 1. The maximum Gasteiger partial charge on any atom is 0.232 e. The predicted molar refractivity (Wildman–Crippen MR) is 118 cm³/mol. The van der Waals surface area contributed by atoms with Crippen LogP contribution < -0.4 is 14.4 Å². The molecule has 6 nitrogen and oxygen atoms in total. The number of ether oxygens (including phenoxy) is 2. The molecule has 0 fully saturated rings. The molecular weight excluding hydrogens is 386 g/mol. The Labute approximate surface area is 175 Å². The lowest BCUT2D eigenvalue weighted by atomic mass is 10.3. The lowest BCUT2D eigenvalue weighted by molar-refractivity contribution is -0.119. The number of anilines is 1. The molecule has 29 heavy (non-hydrogen) atoms. The number of nitrogens with zero attached hydrogens (tertiary/aromatic N) is 3. The molecule has 0 radical (unpaired) electrons. The van der Waals surface area contributed by atoms with Crippen LogP contribution in [-0.4, -0.2) is 56.7 Å². The summed E-state index contributed by atoms with van der Waals surface area (Å²) in [5.74, 6) is 1.58. The molecule has 0 saturated heterocycles. The van der Waals surface area contributed by atoms with Gasteiger partial charge in [-0.05, 0) is 57.4 Å². The van der Waals surface area contributed by atoms with Crippen LogP contribution in [0.5, 0.6) is 11.5 Å². The number of aromatic nitrogens is 1. The van der Waals surface area contributed by atoms with E-state index < -0.39 is 0 Å². The van der Waals surface area contributed by atoms with Crippen LogP contribution in [0, 0.1) is 0 Å². The lowest BCUT2D eigenvalue weighted by Crippen LogP contribution is -2.34. The molecule has 3 aromatic rings. The second-order valence-electron chi connectivity index (χ2n) is 6.94.